The molecule has 3 aromatic rings. The van der Waals surface area contributed by atoms with Gasteiger partial charge >= 0.3 is 0 Å². The fraction of sp³-hybridized carbons (Fsp3) is 0.819. The highest BCUT2D eigenvalue weighted by atomic mass is 16.5. The highest BCUT2D eigenvalue weighted by Crippen LogP contribution is 2.45. The number of pyridine rings is 1. The molecule has 0 radical (unpaired) electrons. The van der Waals surface area contributed by atoms with Gasteiger partial charge in [-0.15, -0.1) is 0 Å². The molecule has 94 heavy (non-hydrogen) atoms. The molecule has 9 aliphatic heterocycles. The van der Waals surface area contributed by atoms with Crippen LogP contribution in [0.3, 0.4) is 0 Å². The molecule has 11 nitrogen and oxygen atoms in total. The maximum Gasteiger partial charge on any atom is 0.0718 e. The molecular weight excluding hydrogens is 1150 g/mol. The average molecular weight is 1310 g/mol. The molecule has 542 valence electrons. The van der Waals surface area contributed by atoms with Gasteiger partial charge in [-0.2, -0.15) is 0 Å². The normalized spacial score (nSPS) is 24.6. The van der Waals surface area contributed by atoms with E-state index in [1.165, 1.54) is 170 Å². The molecular formula is C83H154N10O. The van der Waals surface area contributed by atoms with Gasteiger partial charge < -0.3 is 35.8 Å². The highest BCUT2D eigenvalue weighted by molar-refractivity contribution is 5.82. The minimum Gasteiger partial charge on any atom is -0.384 e. The third kappa shape index (κ3) is 32.5. The van der Waals surface area contributed by atoms with Crippen LogP contribution in [0.1, 0.15) is 259 Å². The van der Waals surface area contributed by atoms with Crippen LogP contribution in [0, 0.1) is 35.5 Å². The molecule has 4 N–H and O–H groups in total. The third-order valence-electron chi connectivity index (χ3n) is 19.9. The van der Waals surface area contributed by atoms with E-state index >= 15 is 0 Å². The van der Waals surface area contributed by atoms with Gasteiger partial charge in [-0.25, -0.2) is 0 Å². The summed E-state index contributed by atoms with van der Waals surface area (Å²) in [5.74, 6) is 6.50. The number of benzene rings is 2. The Balaban J connectivity index is 0.000000224. The number of rotatable bonds is 3. The van der Waals surface area contributed by atoms with E-state index in [-0.39, 0.29) is 5.41 Å². The lowest BCUT2D eigenvalue weighted by Gasteiger charge is -2.42. The van der Waals surface area contributed by atoms with Crippen molar-refractivity contribution in [1.29, 1.82) is 0 Å². The summed E-state index contributed by atoms with van der Waals surface area (Å²) < 4.78 is 5.54. The number of piperidine rings is 3. The van der Waals surface area contributed by atoms with E-state index in [4.69, 9.17) is 4.74 Å². The van der Waals surface area contributed by atoms with Crippen LogP contribution in [0.5, 0.6) is 0 Å². The van der Waals surface area contributed by atoms with Gasteiger partial charge in [-0.05, 0) is 282 Å². The summed E-state index contributed by atoms with van der Waals surface area (Å²) >= 11 is 0. The zero-order chi connectivity index (χ0) is 69.8. The number of ether oxygens (including phenoxy) is 1. The largest absolute Gasteiger partial charge is 0.384 e. The first-order chi connectivity index (χ1) is 44.1. The molecule has 10 fully saturated rings. The van der Waals surface area contributed by atoms with Crippen molar-refractivity contribution in [1.82, 2.24) is 45.4 Å². The molecule has 2 aliphatic carbocycles. The Morgan fingerprint density at radius 1 is 0.500 bits per heavy atom. The van der Waals surface area contributed by atoms with Crippen LogP contribution >= 0.6 is 0 Å². The minimum absolute atomic E-state index is 0.275. The van der Waals surface area contributed by atoms with Crippen molar-refractivity contribution in [2.45, 2.75) is 295 Å². The molecule has 11 aliphatic rings. The highest BCUT2D eigenvalue weighted by Gasteiger charge is 2.46. The Morgan fingerprint density at radius 2 is 1.04 bits per heavy atom. The zero-order valence-electron chi connectivity index (χ0n) is 66.1. The SMILES string of the molecule is C1CCNCC1.C1CNCCN1.CC(C)(C)N1CC2CC1CO2.CC(C)(C)N1CC2CCC(C2)C1.CC(C)(C)N1CCC1.CC(C)(C)c1ccc2c(c1)CCN2.CC(C)C.CC(C)C.CC(C)N1CC2CC2C1.CC(C)N1CCCC1.CC(C)c1cccc2ncccc12. The van der Waals surface area contributed by atoms with Crippen LogP contribution in [0.25, 0.3) is 10.9 Å². The molecule has 11 heteroatoms. The van der Waals surface area contributed by atoms with Gasteiger partial charge in [0, 0.05) is 117 Å². The zero-order valence-corrected chi connectivity index (χ0v) is 66.1. The van der Waals surface area contributed by atoms with E-state index in [1.54, 1.807) is 0 Å². The second-order valence-electron chi connectivity index (χ2n) is 35.6. The van der Waals surface area contributed by atoms with E-state index in [9.17, 15) is 0 Å². The Hall–Kier alpha value is -2.71. The first kappa shape index (κ1) is 83.7. The van der Waals surface area contributed by atoms with Crippen molar-refractivity contribution in [3.63, 3.8) is 0 Å². The summed E-state index contributed by atoms with van der Waals surface area (Å²) in [6.45, 7) is 75.1. The predicted molar refractivity (Wildman–Crippen MR) is 414 cm³/mol. The second kappa shape index (κ2) is 41.8. The maximum absolute atomic E-state index is 5.54. The summed E-state index contributed by atoms with van der Waals surface area (Å²) in [4.78, 5) is 17.2. The summed E-state index contributed by atoms with van der Waals surface area (Å²) in [5, 5.41) is 14.4. The van der Waals surface area contributed by atoms with E-state index in [1.807, 2.05) is 12.3 Å². The van der Waals surface area contributed by atoms with E-state index < -0.39 is 0 Å². The first-order valence-electron chi connectivity index (χ1n) is 38.8. The van der Waals surface area contributed by atoms with E-state index in [2.05, 4.69) is 259 Å². The van der Waals surface area contributed by atoms with Gasteiger partial charge in [0.2, 0.25) is 0 Å². The van der Waals surface area contributed by atoms with Crippen LogP contribution in [-0.2, 0) is 16.6 Å². The summed E-state index contributed by atoms with van der Waals surface area (Å²) in [6, 6.07) is 19.5. The van der Waals surface area contributed by atoms with Gasteiger partial charge in [-0.1, -0.05) is 113 Å². The van der Waals surface area contributed by atoms with Crippen molar-refractivity contribution in [3.05, 3.63) is 71.4 Å². The fourth-order valence-corrected chi connectivity index (χ4v) is 13.9. The second-order valence-corrected chi connectivity index (χ2v) is 35.6. The van der Waals surface area contributed by atoms with Gasteiger partial charge in [0.05, 0.1) is 18.2 Å². The molecule has 8 saturated heterocycles. The Morgan fingerprint density at radius 3 is 1.40 bits per heavy atom. The van der Waals surface area contributed by atoms with Crippen LogP contribution in [0.2, 0.25) is 0 Å². The van der Waals surface area contributed by atoms with Gasteiger partial charge in [0.1, 0.15) is 0 Å². The number of nitrogens with one attached hydrogen (secondary N) is 4. The Labute approximate surface area is 582 Å². The Bertz CT molecular complexity index is 2370. The van der Waals surface area contributed by atoms with Gasteiger partial charge in [0.15, 0.2) is 0 Å². The smallest absolute Gasteiger partial charge is 0.0718 e. The quantitative estimate of drug-likeness (QED) is 0.202. The molecule has 10 heterocycles. The molecule has 2 aromatic carbocycles. The number of nitrogens with zero attached hydrogens (tertiary/aromatic N) is 6. The van der Waals surface area contributed by atoms with Crippen LogP contribution in [0.15, 0.2) is 54.7 Å². The topological polar surface area (TPSA) is 86.4 Å². The number of hydrogen-bond acceptors (Lipinski definition) is 11. The maximum atomic E-state index is 5.54. The van der Waals surface area contributed by atoms with Crippen LogP contribution < -0.4 is 21.3 Å². The molecule has 0 spiro atoms. The molecule has 0 amide bonds. The van der Waals surface area contributed by atoms with E-state index in [0.717, 1.165) is 99.0 Å². The fourth-order valence-electron chi connectivity index (χ4n) is 13.9. The van der Waals surface area contributed by atoms with Crippen molar-refractivity contribution in [2.75, 3.05) is 117 Å². The molecule has 2 saturated carbocycles. The lowest BCUT2D eigenvalue weighted by Crippen LogP contribution is -2.49. The molecule has 14 rings (SSSR count). The number of anilines is 1. The molecule has 6 atom stereocenters. The standard InChI is InChI=1S/C12H17N.C12H13N.C11H21N.C9H17NO.C8H15N.2C7H15N.C5H11N.C4H10N2.2C4H10/c1-12(2,3)10-4-5-11-9(8-10)6-7-13-11;1-9(2)10-5-3-7-12-11(10)6-4-8-13-12;1-11(2,3)12-7-9-4-5-10(6-9)8-12;1-9(2,3)10-5-8-4-7(10)6-11-8;1-6(2)9-4-7-3-8(7)5-9;1-7(2,3)8-5-4-6-8;1-7(2)8-5-3-4-6-8;1-2-4-6-5-3-1;1-2-6-4-3-5-1;2*1-4(2)3/h4-5,8,13H,6-7H2,1-3H3;3-9H,1-2H3;9-10H,4-8H2,1-3H3;7-8H,4-6H2,1-3H3;6-8H,3-5H2,1-2H3;4-6H2,1-3H3;7H,3-6H2,1-2H3;6H,1-5H2;5-6H,1-4H2;2*4H,1-3H3. The predicted octanol–water partition coefficient (Wildman–Crippen LogP) is 17.7. The number of fused-ring (bicyclic) bond motifs is 7. The van der Waals surface area contributed by atoms with Crippen LogP contribution in [-0.4, -0.2) is 182 Å². The number of hydrogen-bond donors (Lipinski definition) is 4. The first-order valence-corrected chi connectivity index (χ1v) is 38.8. The summed E-state index contributed by atoms with van der Waals surface area (Å²) in [6.07, 6.45) is 19.3. The lowest BCUT2D eigenvalue weighted by atomic mass is 9.86. The Kier molecular flexibility index (Phi) is 37.2. The van der Waals surface area contributed by atoms with Crippen molar-refractivity contribution in [3.8, 4) is 0 Å². The lowest BCUT2D eigenvalue weighted by molar-refractivity contribution is -0.00804. The monoisotopic (exact) mass is 1310 g/mol. The van der Waals surface area contributed by atoms with Crippen molar-refractivity contribution in [2.24, 2.45) is 35.5 Å². The van der Waals surface area contributed by atoms with Crippen molar-refractivity contribution < 1.29 is 4.74 Å². The number of morpholine rings is 1. The van der Waals surface area contributed by atoms with Crippen molar-refractivity contribution >= 4 is 16.6 Å². The number of piperazine rings is 1. The van der Waals surface area contributed by atoms with Gasteiger partial charge in [-0.3, -0.25) is 19.7 Å². The average Bonchev–Trinajstić information content (AvgIpc) is 1.63. The summed E-state index contributed by atoms with van der Waals surface area (Å²) in [7, 11) is 0. The number of likely N-dealkylation sites (tertiary alicyclic amines) is 5. The van der Waals surface area contributed by atoms with Crippen LogP contribution in [0.4, 0.5) is 5.69 Å². The van der Waals surface area contributed by atoms with E-state index in [0.29, 0.717) is 34.7 Å². The van der Waals surface area contributed by atoms with Gasteiger partial charge in [0.25, 0.3) is 0 Å². The summed E-state index contributed by atoms with van der Waals surface area (Å²) in [5.41, 5.74) is 8.16. The number of aromatic nitrogens is 1. The minimum atomic E-state index is 0.275. The molecule has 6 unspecified atom stereocenters. The third-order valence-corrected chi connectivity index (χ3v) is 19.9. The molecule has 1 aromatic heterocycles. The molecule has 4 bridgehead atoms.